The first-order chi connectivity index (χ1) is 17.4. The fraction of sp³-hybridized carbons (Fsp3) is 0.500. The molecule has 10 nitrogen and oxygen atoms in total. The first kappa shape index (κ1) is 27.2. The van der Waals surface area contributed by atoms with Crippen molar-refractivity contribution in [1.29, 1.82) is 0 Å². The van der Waals surface area contributed by atoms with Crippen molar-refractivity contribution in [2.45, 2.75) is 32.3 Å². The Kier molecular flexibility index (Phi) is 10.3. The molecule has 1 aliphatic rings. The van der Waals surface area contributed by atoms with Gasteiger partial charge in [-0.15, -0.1) is 0 Å². The summed E-state index contributed by atoms with van der Waals surface area (Å²) in [5.74, 6) is 1.48. The van der Waals surface area contributed by atoms with E-state index in [0.717, 1.165) is 6.42 Å². The van der Waals surface area contributed by atoms with Gasteiger partial charge in [-0.1, -0.05) is 13.3 Å². The SMILES string of the molecule is CCCC1(OCC(=O)OCC)COc2cc(N)ccc2OCCOCCOc2ccc(N)cc2OC1. The van der Waals surface area contributed by atoms with E-state index < -0.39 is 11.6 Å². The number of carbonyl (C=O) groups is 1. The minimum absolute atomic E-state index is 0.0645. The third kappa shape index (κ3) is 8.10. The summed E-state index contributed by atoms with van der Waals surface area (Å²) in [5.41, 5.74) is 12.1. The highest BCUT2D eigenvalue weighted by atomic mass is 16.6. The van der Waals surface area contributed by atoms with Crippen LogP contribution in [0.4, 0.5) is 11.4 Å². The summed E-state index contributed by atoms with van der Waals surface area (Å²) in [6.45, 7) is 5.24. The van der Waals surface area contributed by atoms with Gasteiger partial charge in [0.2, 0.25) is 0 Å². The van der Waals surface area contributed by atoms with E-state index in [9.17, 15) is 4.79 Å². The molecule has 0 aromatic heterocycles. The number of esters is 1. The van der Waals surface area contributed by atoms with E-state index in [4.69, 9.17) is 44.6 Å². The Morgan fingerprint density at radius 3 is 1.89 bits per heavy atom. The average Bonchev–Trinajstić information content (AvgIpc) is 2.86. The predicted octanol–water partition coefficient (Wildman–Crippen LogP) is 3.22. The molecule has 0 spiro atoms. The molecule has 3 rings (SSSR count). The minimum atomic E-state index is -0.995. The maximum atomic E-state index is 12.1. The largest absolute Gasteiger partial charge is 0.487 e. The zero-order valence-corrected chi connectivity index (χ0v) is 21.0. The van der Waals surface area contributed by atoms with Crippen LogP contribution in [0.25, 0.3) is 0 Å². The minimum Gasteiger partial charge on any atom is -0.487 e. The maximum Gasteiger partial charge on any atom is 0.332 e. The number of ether oxygens (including phenoxy) is 7. The molecule has 4 N–H and O–H groups in total. The topological polar surface area (TPSA) is 134 Å². The standard InChI is InChI=1S/C26H36N2O8/c1-3-9-26(36-16-25(29)31-4-2)17-34-23-14-19(27)5-7-21(23)32-12-10-30-11-13-33-22-8-6-20(28)15-24(22)35-18-26/h5-8,14-15H,3-4,9-13,16-18,27-28H2,1-2H3. The maximum absolute atomic E-state index is 12.1. The number of fused-ring (bicyclic) bond motifs is 2. The zero-order valence-electron chi connectivity index (χ0n) is 21.0. The average molecular weight is 505 g/mol. The lowest BCUT2D eigenvalue weighted by atomic mass is 9.99. The van der Waals surface area contributed by atoms with Gasteiger partial charge < -0.3 is 44.6 Å². The fourth-order valence-corrected chi connectivity index (χ4v) is 3.67. The van der Waals surface area contributed by atoms with Gasteiger partial charge in [-0.3, -0.25) is 0 Å². The van der Waals surface area contributed by atoms with Crippen LogP contribution < -0.4 is 30.4 Å². The van der Waals surface area contributed by atoms with Crippen molar-refractivity contribution in [1.82, 2.24) is 0 Å². The number of hydrogen-bond donors (Lipinski definition) is 2. The Hall–Kier alpha value is -3.37. The summed E-state index contributed by atoms with van der Waals surface area (Å²) < 4.78 is 40.9. The Labute approximate surface area is 211 Å². The summed E-state index contributed by atoms with van der Waals surface area (Å²) in [5, 5.41) is 0. The van der Waals surface area contributed by atoms with Crippen LogP contribution in [0.3, 0.4) is 0 Å². The Morgan fingerprint density at radius 2 is 1.39 bits per heavy atom. The molecule has 2 aromatic rings. The third-order valence-corrected chi connectivity index (χ3v) is 5.39. The Bertz CT molecular complexity index is 923. The van der Waals surface area contributed by atoms with Gasteiger partial charge >= 0.3 is 5.97 Å². The van der Waals surface area contributed by atoms with E-state index in [-0.39, 0.29) is 26.4 Å². The van der Waals surface area contributed by atoms with Crippen LogP contribution in [0.5, 0.6) is 23.0 Å². The fourth-order valence-electron chi connectivity index (χ4n) is 3.67. The number of nitrogen functional groups attached to an aromatic ring is 2. The molecular weight excluding hydrogens is 468 g/mol. The zero-order chi connectivity index (χ0) is 25.8. The van der Waals surface area contributed by atoms with Gasteiger partial charge in [0, 0.05) is 23.5 Å². The molecule has 1 aliphatic heterocycles. The quantitative estimate of drug-likeness (QED) is 0.446. The summed E-state index contributed by atoms with van der Waals surface area (Å²) in [7, 11) is 0. The van der Waals surface area contributed by atoms with E-state index >= 15 is 0 Å². The number of carbonyl (C=O) groups excluding carboxylic acids is 1. The van der Waals surface area contributed by atoms with Crippen LogP contribution in [0.2, 0.25) is 0 Å². The molecule has 0 fully saturated rings. The van der Waals surface area contributed by atoms with E-state index in [1.807, 2.05) is 6.92 Å². The molecule has 1 heterocycles. The molecule has 0 unspecified atom stereocenters. The second kappa shape index (κ2) is 13.6. The van der Waals surface area contributed by atoms with Gasteiger partial charge in [-0.05, 0) is 37.6 Å². The molecule has 0 bridgehead atoms. The molecular formula is C26H36N2O8. The monoisotopic (exact) mass is 504 g/mol. The van der Waals surface area contributed by atoms with Gasteiger partial charge in [0.1, 0.15) is 38.6 Å². The van der Waals surface area contributed by atoms with Crippen molar-refractivity contribution >= 4 is 17.3 Å². The molecule has 0 radical (unpaired) electrons. The van der Waals surface area contributed by atoms with Crippen LogP contribution in [-0.4, -0.2) is 64.4 Å². The first-order valence-electron chi connectivity index (χ1n) is 12.1. The second-order valence-corrected chi connectivity index (χ2v) is 8.33. The van der Waals surface area contributed by atoms with E-state index in [2.05, 4.69) is 0 Å². The lowest BCUT2D eigenvalue weighted by Crippen LogP contribution is -2.46. The van der Waals surface area contributed by atoms with Gasteiger partial charge in [-0.25, -0.2) is 4.79 Å². The van der Waals surface area contributed by atoms with Crippen LogP contribution in [0, 0.1) is 0 Å². The van der Waals surface area contributed by atoms with E-state index in [1.54, 1.807) is 43.3 Å². The highest BCUT2D eigenvalue weighted by molar-refractivity contribution is 5.70. The van der Waals surface area contributed by atoms with Crippen molar-refractivity contribution in [3.63, 3.8) is 0 Å². The van der Waals surface area contributed by atoms with Gasteiger partial charge in [-0.2, -0.15) is 0 Å². The smallest absolute Gasteiger partial charge is 0.332 e. The summed E-state index contributed by atoms with van der Waals surface area (Å²) in [6.07, 6.45) is 1.28. The number of rotatable bonds is 6. The molecule has 10 heteroatoms. The van der Waals surface area contributed by atoms with Gasteiger partial charge in [0.05, 0.1) is 19.8 Å². The van der Waals surface area contributed by atoms with E-state index in [1.165, 1.54) is 0 Å². The normalized spacial score (nSPS) is 16.2. The Balaban J connectivity index is 1.92. The number of benzene rings is 2. The van der Waals surface area contributed by atoms with Crippen molar-refractivity contribution in [2.75, 3.05) is 64.3 Å². The molecule has 0 saturated carbocycles. The lowest BCUT2D eigenvalue weighted by molar-refractivity contribution is -0.162. The summed E-state index contributed by atoms with van der Waals surface area (Å²) >= 11 is 0. The van der Waals surface area contributed by atoms with Crippen molar-refractivity contribution < 1.29 is 38.0 Å². The molecule has 198 valence electrons. The molecule has 0 amide bonds. The number of hydrogen-bond acceptors (Lipinski definition) is 10. The van der Waals surface area contributed by atoms with Crippen LogP contribution in [-0.2, 0) is 19.0 Å². The molecule has 36 heavy (non-hydrogen) atoms. The lowest BCUT2D eigenvalue weighted by Gasteiger charge is -2.33. The highest BCUT2D eigenvalue weighted by Gasteiger charge is 2.35. The molecule has 2 aromatic carbocycles. The van der Waals surface area contributed by atoms with Crippen molar-refractivity contribution in [3.05, 3.63) is 36.4 Å². The van der Waals surface area contributed by atoms with Gasteiger partial charge in [0.25, 0.3) is 0 Å². The van der Waals surface area contributed by atoms with Crippen LogP contribution in [0.15, 0.2) is 36.4 Å². The number of nitrogens with two attached hydrogens (primary N) is 2. The third-order valence-electron chi connectivity index (χ3n) is 5.39. The van der Waals surface area contributed by atoms with Crippen molar-refractivity contribution in [2.24, 2.45) is 0 Å². The van der Waals surface area contributed by atoms with Crippen LogP contribution in [0.1, 0.15) is 26.7 Å². The first-order valence-corrected chi connectivity index (χ1v) is 12.1. The summed E-state index contributed by atoms with van der Waals surface area (Å²) in [6, 6.07) is 10.3. The van der Waals surface area contributed by atoms with E-state index in [0.29, 0.717) is 67.2 Å². The summed E-state index contributed by atoms with van der Waals surface area (Å²) in [4.78, 5) is 12.1. The Morgan fingerprint density at radius 1 is 0.833 bits per heavy atom. The highest BCUT2D eigenvalue weighted by Crippen LogP contribution is 2.34. The van der Waals surface area contributed by atoms with Crippen molar-refractivity contribution in [3.8, 4) is 23.0 Å². The molecule has 0 aliphatic carbocycles. The molecule has 0 atom stereocenters. The van der Waals surface area contributed by atoms with Crippen LogP contribution >= 0.6 is 0 Å². The second-order valence-electron chi connectivity index (χ2n) is 8.33. The predicted molar refractivity (Wildman–Crippen MR) is 135 cm³/mol. The number of anilines is 2. The molecule has 0 saturated heterocycles. The van der Waals surface area contributed by atoms with Gasteiger partial charge in [0.15, 0.2) is 23.0 Å².